The molecule has 0 aliphatic rings. The number of hydrogen-bond acceptors (Lipinski definition) is 2. The minimum atomic E-state index is -4.30. The number of aromatic nitrogens is 2. The molecule has 0 unspecified atom stereocenters. The summed E-state index contributed by atoms with van der Waals surface area (Å²) >= 11 is 0. The third-order valence-electron chi connectivity index (χ3n) is 2.97. The van der Waals surface area contributed by atoms with Gasteiger partial charge in [-0.15, -0.1) is 0 Å². The van der Waals surface area contributed by atoms with Gasteiger partial charge in [0.05, 0.1) is 11.9 Å². The molecule has 1 aromatic heterocycles. The van der Waals surface area contributed by atoms with Crippen molar-refractivity contribution in [3.63, 3.8) is 0 Å². The molecule has 0 fully saturated rings. The normalized spacial score (nSPS) is 11.8. The fourth-order valence-corrected chi connectivity index (χ4v) is 1.98. The van der Waals surface area contributed by atoms with Crippen LogP contribution < -0.4 is 5.32 Å². The lowest BCUT2D eigenvalue weighted by atomic mass is 10.1. The summed E-state index contributed by atoms with van der Waals surface area (Å²) in [6.45, 7) is 1.68. The number of imidazole rings is 1. The molecule has 0 radical (unpaired) electrons. The van der Waals surface area contributed by atoms with E-state index in [1.54, 1.807) is 18.6 Å². The van der Waals surface area contributed by atoms with E-state index in [1.807, 2.05) is 10.8 Å². The summed E-state index contributed by atoms with van der Waals surface area (Å²) in [7, 11) is 0. The van der Waals surface area contributed by atoms with E-state index < -0.39 is 11.7 Å². The summed E-state index contributed by atoms with van der Waals surface area (Å²) in [5.74, 6) is 0. The number of nitrogens with zero attached hydrogens (tertiary/aromatic N) is 2. The fourth-order valence-electron chi connectivity index (χ4n) is 1.98. The average Bonchev–Trinajstić information content (AvgIpc) is 2.91. The highest BCUT2D eigenvalue weighted by Gasteiger charge is 2.32. The molecule has 0 amide bonds. The van der Waals surface area contributed by atoms with Gasteiger partial charge < -0.3 is 9.88 Å². The van der Waals surface area contributed by atoms with Crippen LogP contribution in [0, 0.1) is 0 Å². The highest BCUT2D eigenvalue weighted by molar-refractivity contribution is 5.29. The number of hydrogen-bond donors (Lipinski definition) is 1. The summed E-state index contributed by atoms with van der Waals surface area (Å²) in [5.41, 5.74) is -0.287. The zero-order chi connectivity index (χ0) is 14.4. The van der Waals surface area contributed by atoms with Crippen molar-refractivity contribution in [2.75, 3.05) is 6.54 Å². The van der Waals surface area contributed by atoms with Crippen molar-refractivity contribution in [1.82, 2.24) is 14.9 Å². The third-order valence-corrected chi connectivity index (χ3v) is 2.97. The molecular weight excluding hydrogens is 267 g/mol. The van der Waals surface area contributed by atoms with Gasteiger partial charge in [-0.25, -0.2) is 4.98 Å². The fraction of sp³-hybridized carbons (Fsp3) is 0.357. The molecule has 0 saturated heterocycles. The van der Waals surface area contributed by atoms with Crippen LogP contribution in [0.1, 0.15) is 17.5 Å². The molecule has 0 bridgehead atoms. The van der Waals surface area contributed by atoms with E-state index in [-0.39, 0.29) is 12.1 Å². The minimum absolute atomic E-state index is 0.222. The van der Waals surface area contributed by atoms with Crippen LogP contribution in [0.4, 0.5) is 13.2 Å². The van der Waals surface area contributed by atoms with Gasteiger partial charge in [0.2, 0.25) is 0 Å². The Balaban J connectivity index is 1.79. The molecule has 6 heteroatoms. The number of aryl methyl sites for hydroxylation is 1. The van der Waals surface area contributed by atoms with E-state index in [0.717, 1.165) is 19.0 Å². The zero-order valence-electron chi connectivity index (χ0n) is 10.9. The summed E-state index contributed by atoms with van der Waals surface area (Å²) in [6, 6.07) is 5.65. The first-order valence-electron chi connectivity index (χ1n) is 6.39. The highest BCUT2D eigenvalue weighted by atomic mass is 19.4. The maximum Gasteiger partial charge on any atom is 0.416 e. The van der Waals surface area contributed by atoms with Crippen molar-refractivity contribution in [2.24, 2.45) is 0 Å². The van der Waals surface area contributed by atoms with E-state index >= 15 is 0 Å². The average molecular weight is 283 g/mol. The van der Waals surface area contributed by atoms with Gasteiger partial charge in [-0.1, -0.05) is 18.2 Å². The van der Waals surface area contributed by atoms with Crippen LogP contribution in [0.3, 0.4) is 0 Å². The Bertz CT molecular complexity index is 521. The van der Waals surface area contributed by atoms with Gasteiger partial charge in [-0.3, -0.25) is 0 Å². The SMILES string of the molecule is FC(F)(F)c1ccccc1CNCCCn1ccnc1. The van der Waals surface area contributed by atoms with Crippen molar-refractivity contribution in [1.29, 1.82) is 0 Å². The molecule has 1 aromatic carbocycles. The predicted molar refractivity (Wildman–Crippen MR) is 70.0 cm³/mol. The molecule has 0 spiro atoms. The van der Waals surface area contributed by atoms with Crippen LogP contribution in [-0.4, -0.2) is 16.1 Å². The largest absolute Gasteiger partial charge is 0.416 e. The number of nitrogens with one attached hydrogen (secondary N) is 1. The van der Waals surface area contributed by atoms with Crippen molar-refractivity contribution in [3.05, 3.63) is 54.1 Å². The molecule has 108 valence electrons. The molecule has 0 aliphatic carbocycles. The predicted octanol–water partition coefficient (Wildman–Crippen LogP) is 3.08. The van der Waals surface area contributed by atoms with Crippen LogP contribution in [0.15, 0.2) is 43.0 Å². The van der Waals surface area contributed by atoms with Gasteiger partial charge in [0.1, 0.15) is 0 Å². The topological polar surface area (TPSA) is 29.9 Å². The molecule has 1 N–H and O–H groups in total. The number of rotatable bonds is 6. The minimum Gasteiger partial charge on any atom is -0.337 e. The molecule has 3 nitrogen and oxygen atoms in total. The number of halogens is 3. The molecule has 2 aromatic rings. The van der Waals surface area contributed by atoms with Crippen molar-refractivity contribution in [2.45, 2.75) is 25.7 Å². The summed E-state index contributed by atoms with van der Waals surface area (Å²) < 4.78 is 40.3. The van der Waals surface area contributed by atoms with Gasteiger partial charge in [0.15, 0.2) is 0 Å². The monoisotopic (exact) mass is 283 g/mol. The van der Waals surface area contributed by atoms with Crippen LogP contribution in [0.5, 0.6) is 0 Å². The van der Waals surface area contributed by atoms with Crippen LogP contribution in [0.2, 0.25) is 0 Å². The van der Waals surface area contributed by atoms with Gasteiger partial charge >= 0.3 is 6.18 Å². The Morgan fingerprint density at radius 3 is 2.70 bits per heavy atom. The summed E-state index contributed by atoms with van der Waals surface area (Å²) in [4.78, 5) is 3.92. The van der Waals surface area contributed by atoms with Crippen molar-refractivity contribution >= 4 is 0 Å². The number of alkyl halides is 3. The zero-order valence-corrected chi connectivity index (χ0v) is 10.9. The van der Waals surface area contributed by atoms with Gasteiger partial charge in [-0.2, -0.15) is 13.2 Å². The summed E-state index contributed by atoms with van der Waals surface area (Å²) in [6.07, 6.45) is 1.82. The Kier molecular flexibility index (Phi) is 4.79. The van der Waals surface area contributed by atoms with Crippen LogP contribution in [-0.2, 0) is 19.3 Å². The highest BCUT2D eigenvalue weighted by Crippen LogP contribution is 2.31. The maximum atomic E-state index is 12.8. The molecule has 0 atom stereocenters. The maximum absolute atomic E-state index is 12.8. The van der Waals surface area contributed by atoms with E-state index in [2.05, 4.69) is 10.3 Å². The lowest BCUT2D eigenvalue weighted by Gasteiger charge is -2.13. The quantitative estimate of drug-likeness (QED) is 0.826. The van der Waals surface area contributed by atoms with E-state index in [0.29, 0.717) is 6.54 Å². The van der Waals surface area contributed by atoms with Gasteiger partial charge in [0.25, 0.3) is 0 Å². The second-order valence-corrected chi connectivity index (χ2v) is 4.49. The molecule has 2 rings (SSSR count). The third kappa shape index (κ3) is 4.09. The lowest BCUT2D eigenvalue weighted by Crippen LogP contribution is -2.19. The smallest absolute Gasteiger partial charge is 0.337 e. The second kappa shape index (κ2) is 6.56. The van der Waals surface area contributed by atoms with E-state index in [9.17, 15) is 13.2 Å². The number of benzene rings is 1. The first-order valence-corrected chi connectivity index (χ1v) is 6.39. The Labute approximate surface area is 115 Å². The molecular formula is C14H16F3N3. The van der Waals surface area contributed by atoms with Gasteiger partial charge in [0, 0.05) is 25.5 Å². The Morgan fingerprint density at radius 1 is 1.20 bits per heavy atom. The molecule has 0 aliphatic heterocycles. The Morgan fingerprint density at radius 2 is 2.00 bits per heavy atom. The lowest BCUT2D eigenvalue weighted by molar-refractivity contribution is -0.138. The molecule has 20 heavy (non-hydrogen) atoms. The first kappa shape index (κ1) is 14.6. The van der Waals surface area contributed by atoms with E-state index in [1.165, 1.54) is 12.1 Å². The van der Waals surface area contributed by atoms with E-state index in [4.69, 9.17) is 0 Å². The van der Waals surface area contributed by atoms with Gasteiger partial charge in [-0.05, 0) is 24.6 Å². The standard InChI is InChI=1S/C14H16F3N3/c15-14(16,17)13-5-2-1-4-12(13)10-18-6-3-8-20-9-7-19-11-20/h1-2,4-5,7,9,11,18H,3,6,8,10H2. The van der Waals surface area contributed by atoms with Crippen molar-refractivity contribution < 1.29 is 13.2 Å². The Hall–Kier alpha value is -1.82. The molecule has 1 heterocycles. The van der Waals surface area contributed by atoms with Crippen LogP contribution in [0.25, 0.3) is 0 Å². The first-order chi connectivity index (χ1) is 9.57. The van der Waals surface area contributed by atoms with Crippen LogP contribution >= 0.6 is 0 Å². The molecule has 0 saturated carbocycles. The second-order valence-electron chi connectivity index (χ2n) is 4.49. The van der Waals surface area contributed by atoms with Crippen molar-refractivity contribution in [3.8, 4) is 0 Å². The summed E-state index contributed by atoms with van der Waals surface area (Å²) in [5, 5.41) is 3.04.